The van der Waals surface area contributed by atoms with Gasteiger partial charge in [-0.05, 0) is 59.9 Å². The van der Waals surface area contributed by atoms with Crippen molar-refractivity contribution < 1.29 is 4.79 Å². The number of nitrogens with one attached hydrogen (secondary N) is 2. The van der Waals surface area contributed by atoms with E-state index in [1.54, 1.807) is 23.0 Å². The third kappa shape index (κ3) is 4.57. The summed E-state index contributed by atoms with van der Waals surface area (Å²) in [5.41, 5.74) is 6.07. The topological polar surface area (TPSA) is 59.0 Å². The zero-order chi connectivity index (χ0) is 24.5. The van der Waals surface area contributed by atoms with Gasteiger partial charge in [-0.2, -0.15) is 5.10 Å². The van der Waals surface area contributed by atoms with Crippen LogP contribution < -0.4 is 10.6 Å². The Kier molecular flexibility index (Phi) is 6.37. The number of amides is 1. The third-order valence-corrected chi connectivity index (χ3v) is 6.81. The van der Waals surface area contributed by atoms with E-state index < -0.39 is 0 Å². The van der Waals surface area contributed by atoms with Crippen LogP contribution in [0.25, 0.3) is 5.70 Å². The first-order chi connectivity index (χ1) is 16.9. The first kappa shape index (κ1) is 23.2. The van der Waals surface area contributed by atoms with Crippen molar-refractivity contribution in [1.29, 1.82) is 0 Å². The monoisotopic (exact) mass is 502 g/mol. The predicted octanol–water partition coefficient (Wildman–Crippen LogP) is 7.37. The van der Waals surface area contributed by atoms with Crippen LogP contribution in [0.1, 0.15) is 45.6 Å². The lowest BCUT2D eigenvalue weighted by atomic mass is 10.00. The number of fused-ring (bicyclic) bond motifs is 1. The fourth-order valence-electron chi connectivity index (χ4n) is 4.21. The number of halogens is 2. The van der Waals surface area contributed by atoms with Gasteiger partial charge in [-0.25, -0.2) is 4.68 Å². The summed E-state index contributed by atoms with van der Waals surface area (Å²) in [6, 6.07) is 21.2. The van der Waals surface area contributed by atoms with E-state index in [9.17, 15) is 4.79 Å². The highest BCUT2D eigenvalue weighted by molar-refractivity contribution is 6.31. The summed E-state index contributed by atoms with van der Waals surface area (Å²) in [6.45, 7) is 4.05. The minimum Gasteiger partial charge on any atom is -0.339 e. The van der Waals surface area contributed by atoms with Crippen LogP contribution in [0.15, 0.2) is 79.0 Å². The van der Waals surface area contributed by atoms with Crippen molar-refractivity contribution in [2.24, 2.45) is 0 Å². The average Bonchev–Trinajstić information content (AvgIpc) is 3.30. The van der Waals surface area contributed by atoms with E-state index >= 15 is 0 Å². The molecule has 4 aromatic rings. The van der Waals surface area contributed by atoms with Crippen molar-refractivity contribution >= 4 is 46.3 Å². The number of aryl methyl sites for hydroxylation is 2. The van der Waals surface area contributed by atoms with Crippen LogP contribution in [0, 0.1) is 6.92 Å². The minimum atomic E-state index is -0.282. The van der Waals surface area contributed by atoms with Gasteiger partial charge in [0.15, 0.2) is 0 Å². The minimum absolute atomic E-state index is 0.274. The molecule has 2 N–H and O–H groups in total. The average molecular weight is 503 g/mol. The van der Waals surface area contributed by atoms with Crippen LogP contribution in [0.3, 0.4) is 0 Å². The van der Waals surface area contributed by atoms with E-state index in [0.29, 0.717) is 27.1 Å². The maximum atomic E-state index is 13.4. The van der Waals surface area contributed by atoms with Crippen molar-refractivity contribution in [2.45, 2.75) is 26.3 Å². The normalized spacial score (nSPS) is 14.6. The second-order valence-electron chi connectivity index (χ2n) is 8.49. The Bertz CT molecular complexity index is 1440. The molecule has 3 aromatic carbocycles. The van der Waals surface area contributed by atoms with E-state index in [4.69, 9.17) is 23.2 Å². The molecule has 5 nitrogen and oxygen atoms in total. The molecule has 35 heavy (non-hydrogen) atoms. The highest BCUT2D eigenvalue weighted by Gasteiger charge is 2.29. The maximum Gasteiger partial charge on any atom is 0.261 e. The van der Waals surface area contributed by atoms with Crippen molar-refractivity contribution in [1.82, 2.24) is 9.78 Å². The van der Waals surface area contributed by atoms with Gasteiger partial charge >= 0.3 is 0 Å². The molecule has 1 aliphatic rings. The molecule has 2 heterocycles. The zero-order valence-corrected chi connectivity index (χ0v) is 20.9. The van der Waals surface area contributed by atoms with Crippen molar-refractivity contribution in [3.8, 4) is 0 Å². The Balaban J connectivity index is 1.57. The number of allylic oxidation sites excluding steroid dienone is 1. The molecule has 176 valence electrons. The second-order valence-corrected chi connectivity index (χ2v) is 9.33. The van der Waals surface area contributed by atoms with E-state index in [-0.39, 0.29) is 11.9 Å². The molecule has 5 rings (SSSR count). The van der Waals surface area contributed by atoms with Gasteiger partial charge in [0.25, 0.3) is 5.91 Å². The number of anilines is 2. The number of benzene rings is 3. The number of nitrogens with zero attached hydrogens (tertiary/aromatic N) is 2. The smallest absolute Gasteiger partial charge is 0.261 e. The van der Waals surface area contributed by atoms with Gasteiger partial charge in [0.2, 0.25) is 0 Å². The molecular formula is C28H24Cl2N4O. The summed E-state index contributed by atoms with van der Waals surface area (Å²) in [5, 5.41) is 12.2. The SMILES string of the molecule is CCc1ccc(C2=C[C@H](c3ccccc3Cl)n3ncc(C(=O)Nc4cc(Cl)ccc4C)c3N2)cc1. The Morgan fingerprint density at radius 1 is 1.09 bits per heavy atom. The van der Waals surface area contributed by atoms with Gasteiger partial charge in [-0.1, -0.05) is 78.7 Å². The zero-order valence-electron chi connectivity index (χ0n) is 19.3. The highest BCUT2D eigenvalue weighted by Crippen LogP contribution is 2.38. The molecule has 0 fully saturated rings. The van der Waals surface area contributed by atoms with Gasteiger partial charge in [0.1, 0.15) is 17.4 Å². The van der Waals surface area contributed by atoms with Gasteiger partial charge in [-0.3, -0.25) is 4.79 Å². The predicted molar refractivity (Wildman–Crippen MR) is 143 cm³/mol. The van der Waals surface area contributed by atoms with E-state index in [0.717, 1.165) is 28.8 Å². The largest absolute Gasteiger partial charge is 0.339 e. The summed E-state index contributed by atoms with van der Waals surface area (Å²) in [7, 11) is 0. The lowest BCUT2D eigenvalue weighted by Crippen LogP contribution is -2.22. The van der Waals surface area contributed by atoms with Crippen LogP contribution in [0.4, 0.5) is 11.5 Å². The lowest BCUT2D eigenvalue weighted by Gasteiger charge is -2.27. The molecule has 0 saturated carbocycles. The Labute approximate surface area is 214 Å². The van der Waals surface area contributed by atoms with Crippen molar-refractivity contribution in [3.63, 3.8) is 0 Å². The quantitative estimate of drug-likeness (QED) is 0.299. The molecule has 0 saturated heterocycles. The van der Waals surface area contributed by atoms with E-state index in [2.05, 4.69) is 53.0 Å². The van der Waals surface area contributed by atoms with Crippen LogP contribution >= 0.6 is 23.2 Å². The number of carbonyl (C=O) groups excluding carboxylic acids is 1. The van der Waals surface area contributed by atoms with Crippen molar-refractivity contribution in [2.75, 3.05) is 10.6 Å². The number of hydrogen-bond donors (Lipinski definition) is 2. The standard InChI is InChI=1S/C28H24Cl2N4O/c1-3-18-9-11-19(12-10-18)25-15-26(21-6-4-5-7-23(21)30)34-27(32-25)22(16-31-34)28(35)33-24-14-20(29)13-8-17(24)2/h4-16,26,32H,3H2,1-2H3,(H,33,35)/t26-/m1/s1. The Hall–Kier alpha value is -3.54. The molecule has 1 aliphatic heterocycles. The fourth-order valence-corrected chi connectivity index (χ4v) is 4.62. The molecule has 0 bridgehead atoms. The molecule has 0 unspecified atom stereocenters. The molecule has 7 heteroatoms. The van der Waals surface area contributed by atoms with Gasteiger partial charge in [-0.15, -0.1) is 0 Å². The molecule has 1 amide bonds. The molecular weight excluding hydrogens is 479 g/mol. The molecule has 0 aliphatic carbocycles. The number of hydrogen-bond acceptors (Lipinski definition) is 3. The Morgan fingerprint density at radius 2 is 1.86 bits per heavy atom. The van der Waals surface area contributed by atoms with Gasteiger partial charge < -0.3 is 10.6 Å². The molecule has 1 aromatic heterocycles. The first-order valence-corrected chi connectivity index (χ1v) is 12.2. The van der Waals surface area contributed by atoms with E-state index in [1.165, 1.54) is 5.56 Å². The highest BCUT2D eigenvalue weighted by atomic mass is 35.5. The van der Waals surface area contributed by atoms with Crippen LogP contribution in [-0.2, 0) is 6.42 Å². The summed E-state index contributed by atoms with van der Waals surface area (Å²) < 4.78 is 1.80. The summed E-state index contributed by atoms with van der Waals surface area (Å²) in [6.07, 6.45) is 4.64. The maximum absolute atomic E-state index is 13.4. The van der Waals surface area contributed by atoms with Crippen LogP contribution in [0.5, 0.6) is 0 Å². The molecule has 1 atom stereocenters. The van der Waals surface area contributed by atoms with Gasteiger partial charge in [0, 0.05) is 21.4 Å². The molecule has 0 spiro atoms. The fraction of sp³-hybridized carbons (Fsp3) is 0.143. The van der Waals surface area contributed by atoms with E-state index in [1.807, 2.05) is 37.3 Å². The number of aromatic nitrogens is 2. The summed E-state index contributed by atoms with van der Waals surface area (Å²) in [5.74, 6) is 0.328. The second kappa shape index (κ2) is 9.61. The third-order valence-electron chi connectivity index (χ3n) is 6.23. The number of carbonyl (C=O) groups is 1. The lowest BCUT2D eigenvalue weighted by molar-refractivity contribution is 0.102. The van der Waals surface area contributed by atoms with Gasteiger partial charge in [0.05, 0.1) is 6.20 Å². The van der Waals surface area contributed by atoms with Crippen molar-refractivity contribution in [3.05, 3.63) is 117 Å². The van der Waals surface area contributed by atoms with Crippen LogP contribution in [0.2, 0.25) is 10.0 Å². The van der Waals surface area contributed by atoms with Crippen LogP contribution in [-0.4, -0.2) is 15.7 Å². The summed E-state index contributed by atoms with van der Waals surface area (Å²) >= 11 is 12.7. The first-order valence-electron chi connectivity index (χ1n) is 11.4. The number of rotatable bonds is 5. The summed E-state index contributed by atoms with van der Waals surface area (Å²) in [4.78, 5) is 13.4. The Morgan fingerprint density at radius 3 is 2.60 bits per heavy atom. The molecule has 0 radical (unpaired) electrons.